The van der Waals surface area contributed by atoms with Crippen LogP contribution in [0.5, 0.6) is 0 Å². The predicted octanol–water partition coefficient (Wildman–Crippen LogP) is 2.90. The molecule has 2 rings (SSSR count). The molecule has 2 unspecified atom stereocenters. The summed E-state index contributed by atoms with van der Waals surface area (Å²) in [6.07, 6.45) is 3.67. The minimum absolute atomic E-state index is 0.0155. The monoisotopic (exact) mass is 330 g/mol. The quantitative estimate of drug-likeness (QED) is 0.855. The van der Waals surface area contributed by atoms with Crippen LogP contribution in [0.25, 0.3) is 11.3 Å². The van der Waals surface area contributed by atoms with Gasteiger partial charge in [0.1, 0.15) is 0 Å². The minimum Gasteiger partial charge on any atom is -0.395 e. The van der Waals surface area contributed by atoms with Crippen LogP contribution in [0.1, 0.15) is 22.8 Å². The van der Waals surface area contributed by atoms with Crippen LogP contribution < -0.4 is 5.32 Å². The number of nitrogens with one attached hydrogen (secondary N) is 1. The Hall–Kier alpha value is -1.85. The Morgan fingerprint density at radius 3 is 2.70 bits per heavy atom. The normalized spacial score (nSPS) is 13.4. The molecule has 0 spiro atoms. The van der Waals surface area contributed by atoms with Gasteiger partial charge >= 0.3 is 0 Å². The number of carbonyl (C=O) groups excluding carboxylic acids is 1. The summed E-state index contributed by atoms with van der Waals surface area (Å²) in [6.45, 7) is 3.88. The van der Waals surface area contributed by atoms with E-state index in [-0.39, 0.29) is 23.8 Å². The molecule has 1 aromatic carbocycles. The zero-order valence-corrected chi connectivity index (χ0v) is 14.4. The highest BCUT2D eigenvalue weighted by molar-refractivity contribution is 7.99. The van der Waals surface area contributed by atoms with Crippen molar-refractivity contribution in [2.75, 3.05) is 12.9 Å². The second-order valence-electron chi connectivity index (χ2n) is 5.41. The smallest absolute Gasteiger partial charge is 0.251 e. The van der Waals surface area contributed by atoms with Gasteiger partial charge in [0.2, 0.25) is 0 Å². The van der Waals surface area contributed by atoms with Gasteiger partial charge in [-0.15, -0.1) is 0 Å². The van der Waals surface area contributed by atoms with Crippen molar-refractivity contribution in [1.82, 2.24) is 10.3 Å². The van der Waals surface area contributed by atoms with Crippen molar-refractivity contribution in [1.29, 1.82) is 0 Å². The molecule has 0 aliphatic carbocycles. The molecule has 0 saturated heterocycles. The highest BCUT2D eigenvalue weighted by atomic mass is 32.2. The van der Waals surface area contributed by atoms with Crippen LogP contribution in [0.2, 0.25) is 0 Å². The molecule has 1 heterocycles. The molecule has 0 aliphatic heterocycles. The minimum atomic E-state index is -0.125. The summed E-state index contributed by atoms with van der Waals surface area (Å²) in [5, 5.41) is 12.3. The third-order valence-electron chi connectivity index (χ3n) is 3.92. The Balaban J connectivity index is 2.25. The fraction of sp³-hybridized carbons (Fsp3) is 0.333. The Kier molecular flexibility index (Phi) is 6.19. The number of pyridine rings is 1. The average molecular weight is 330 g/mol. The van der Waals surface area contributed by atoms with Gasteiger partial charge in [0.25, 0.3) is 5.91 Å². The third-order valence-corrected chi connectivity index (χ3v) is 5.08. The summed E-state index contributed by atoms with van der Waals surface area (Å²) in [7, 11) is 0. The lowest BCUT2D eigenvalue weighted by Crippen LogP contribution is -2.41. The largest absolute Gasteiger partial charge is 0.395 e. The molecule has 122 valence electrons. The number of carbonyl (C=O) groups is 1. The number of aliphatic hydroxyl groups is 1. The summed E-state index contributed by atoms with van der Waals surface area (Å²) in [6, 6.07) is 11.3. The Morgan fingerprint density at radius 1 is 1.30 bits per heavy atom. The van der Waals surface area contributed by atoms with E-state index in [0.29, 0.717) is 5.56 Å². The van der Waals surface area contributed by atoms with Crippen molar-refractivity contribution in [2.24, 2.45) is 0 Å². The van der Waals surface area contributed by atoms with Crippen molar-refractivity contribution in [2.45, 2.75) is 25.1 Å². The molecule has 1 amide bonds. The molecule has 4 nitrogen and oxygen atoms in total. The molecule has 1 aromatic heterocycles. The van der Waals surface area contributed by atoms with Gasteiger partial charge in [0.15, 0.2) is 0 Å². The third kappa shape index (κ3) is 4.12. The van der Waals surface area contributed by atoms with Gasteiger partial charge in [-0.1, -0.05) is 18.2 Å². The summed E-state index contributed by atoms with van der Waals surface area (Å²) in [4.78, 5) is 16.9. The fourth-order valence-electron chi connectivity index (χ4n) is 2.50. The molecule has 0 aliphatic rings. The van der Waals surface area contributed by atoms with Crippen LogP contribution in [0.15, 0.2) is 42.6 Å². The average Bonchev–Trinajstić information content (AvgIpc) is 2.56. The molecule has 0 saturated carbocycles. The lowest BCUT2D eigenvalue weighted by Gasteiger charge is -2.22. The van der Waals surface area contributed by atoms with E-state index in [2.05, 4.69) is 10.3 Å². The highest BCUT2D eigenvalue weighted by Crippen LogP contribution is 2.24. The molecule has 2 N–H and O–H groups in total. The first-order chi connectivity index (χ1) is 11.1. The molecule has 0 radical (unpaired) electrons. The SMILES string of the molecule is CSC(CO)C(C)NC(=O)c1cccc(-c2ccccn2)c1C. The second-order valence-corrected chi connectivity index (χ2v) is 6.49. The number of aromatic nitrogens is 1. The molecule has 23 heavy (non-hydrogen) atoms. The highest BCUT2D eigenvalue weighted by Gasteiger charge is 2.20. The van der Waals surface area contributed by atoms with Gasteiger partial charge in [-0.25, -0.2) is 0 Å². The molecule has 0 bridgehead atoms. The van der Waals surface area contributed by atoms with Gasteiger partial charge < -0.3 is 10.4 Å². The maximum Gasteiger partial charge on any atom is 0.251 e. The number of aliphatic hydroxyl groups excluding tert-OH is 1. The van der Waals surface area contributed by atoms with Crippen LogP contribution in [0.3, 0.4) is 0 Å². The maximum absolute atomic E-state index is 12.6. The summed E-state index contributed by atoms with van der Waals surface area (Å²) < 4.78 is 0. The van der Waals surface area contributed by atoms with Gasteiger partial charge in [0.05, 0.1) is 12.3 Å². The van der Waals surface area contributed by atoms with Crippen molar-refractivity contribution < 1.29 is 9.90 Å². The number of hydrogen-bond donors (Lipinski definition) is 2. The topological polar surface area (TPSA) is 62.2 Å². The lowest BCUT2D eigenvalue weighted by atomic mass is 9.99. The fourth-order valence-corrected chi connectivity index (χ4v) is 3.12. The first-order valence-corrected chi connectivity index (χ1v) is 8.82. The van der Waals surface area contributed by atoms with E-state index in [4.69, 9.17) is 0 Å². The van der Waals surface area contributed by atoms with E-state index in [9.17, 15) is 9.90 Å². The van der Waals surface area contributed by atoms with E-state index < -0.39 is 0 Å². The van der Waals surface area contributed by atoms with E-state index in [1.165, 1.54) is 0 Å². The van der Waals surface area contributed by atoms with Gasteiger partial charge in [-0.2, -0.15) is 11.8 Å². The molecular formula is C18H22N2O2S. The maximum atomic E-state index is 12.6. The number of hydrogen-bond acceptors (Lipinski definition) is 4. The van der Waals surface area contributed by atoms with E-state index in [1.807, 2.05) is 56.5 Å². The standard InChI is InChI=1S/C18H22N2O2S/c1-12-14(16-9-4-5-10-19-16)7-6-8-15(12)18(22)20-13(2)17(11-21)23-3/h4-10,13,17,21H,11H2,1-3H3,(H,20,22). The van der Waals surface area contributed by atoms with E-state index in [0.717, 1.165) is 16.8 Å². The number of thioether (sulfide) groups is 1. The Morgan fingerprint density at radius 2 is 2.09 bits per heavy atom. The van der Waals surface area contributed by atoms with Crippen LogP contribution in [-0.4, -0.2) is 40.2 Å². The van der Waals surface area contributed by atoms with Crippen molar-refractivity contribution >= 4 is 17.7 Å². The van der Waals surface area contributed by atoms with Crippen LogP contribution >= 0.6 is 11.8 Å². The zero-order chi connectivity index (χ0) is 16.8. The summed E-state index contributed by atoms with van der Waals surface area (Å²) in [5.74, 6) is -0.125. The van der Waals surface area contributed by atoms with Crippen molar-refractivity contribution in [3.8, 4) is 11.3 Å². The van der Waals surface area contributed by atoms with Gasteiger partial charge in [-0.05, 0) is 43.9 Å². The van der Waals surface area contributed by atoms with Crippen LogP contribution in [0.4, 0.5) is 0 Å². The van der Waals surface area contributed by atoms with Crippen molar-refractivity contribution in [3.05, 3.63) is 53.7 Å². The zero-order valence-electron chi connectivity index (χ0n) is 13.6. The molecule has 2 atom stereocenters. The number of benzene rings is 1. The molecule has 0 fully saturated rings. The molecular weight excluding hydrogens is 308 g/mol. The van der Waals surface area contributed by atoms with Crippen molar-refractivity contribution in [3.63, 3.8) is 0 Å². The van der Waals surface area contributed by atoms with Crippen LogP contribution in [-0.2, 0) is 0 Å². The van der Waals surface area contributed by atoms with Gasteiger partial charge in [-0.3, -0.25) is 9.78 Å². The number of nitrogens with zero attached hydrogens (tertiary/aromatic N) is 1. The second kappa shape index (κ2) is 8.13. The Labute approximate surface area is 141 Å². The first kappa shape index (κ1) is 17.5. The van der Waals surface area contributed by atoms with E-state index >= 15 is 0 Å². The lowest BCUT2D eigenvalue weighted by molar-refractivity contribution is 0.0935. The molecule has 5 heteroatoms. The number of amides is 1. The predicted molar refractivity (Wildman–Crippen MR) is 95.7 cm³/mol. The summed E-state index contributed by atoms with van der Waals surface area (Å²) in [5.41, 5.74) is 3.35. The number of rotatable bonds is 6. The first-order valence-electron chi connectivity index (χ1n) is 7.54. The summed E-state index contributed by atoms with van der Waals surface area (Å²) >= 11 is 1.54. The van der Waals surface area contributed by atoms with E-state index in [1.54, 1.807) is 18.0 Å². The van der Waals surface area contributed by atoms with Gasteiger partial charge in [0, 0.05) is 28.6 Å². The molecule has 2 aromatic rings. The van der Waals surface area contributed by atoms with Crippen LogP contribution in [0, 0.1) is 6.92 Å². The Bertz CT molecular complexity index is 657.